The van der Waals surface area contributed by atoms with Gasteiger partial charge in [0.2, 0.25) is 0 Å². The first kappa shape index (κ1) is 19.5. The van der Waals surface area contributed by atoms with Gasteiger partial charge in [0.25, 0.3) is 5.92 Å². The number of carbonyl (C=O) groups is 1. The number of likely N-dealkylation sites (tertiary alicyclic amines) is 1. The standard InChI is InChI=1S/C19H18F2N6O/c1-26-15(5-4-14-7-13(9-22)10-24-18(14)23)8-16(25-26)17(28)3-2-6-27-11-19(20,21)12-27/h7-8,10H,2-3,6,11-12H2,1H3,(H2,23,24). The number of nitrogen functional groups attached to an aromatic ring is 1. The lowest BCUT2D eigenvalue weighted by molar-refractivity contribution is -0.130. The minimum atomic E-state index is -2.59. The molecule has 2 aromatic heterocycles. The SMILES string of the molecule is Cn1nc(C(=O)CCCN2CC(F)(F)C2)cc1C#Cc1cc(C#N)cnc1N. The number of ketones is 1. The Hall–Kier alpha value is -3.30. The number of nitrogens with zero attached hydrogens (tertiary/aromatic N) is 5. The van der Waals surface area contributed by atoms with Crippen LogP contribution in [0.15, 0.2) is 18.3 Å². The van der Waals surface area contributed by atoms with Crippen molar-refractivity contribution < 1.29 is 13.6 Å². The number of nitrogens with two attached hydrogens (primary N) is 1. The molecule has 0 aliphatic carbocycles. The number of nitriles is 1. The molecule has 7 nitrogen and oxygen atoms in total. The highest BCUT2D eigenvalue weighted by Crippen LogP contribution is 2.26. The monoisotopic (exact) mass is 384 g/mol. The molecule has 0 bridgehead atoms. The first-order valence-corrected chi connectivity index (χ1v) is 8.62. The third-order valence-corrected chi connectivity index (χ3v) is 4.33. The van der Waals surface area contributed by atoms with Gasteiger partial charge in [0, 0.05) is 25.7 Å². The van der Waals surface area contributed by atoms with Gasteiger partial charge >= 0.3 is 0 Å². The average molecular weight is 384 g/mol. The van der Waals surface area contributed by atoms with Gasteiger partial charge < -0.3 is 5.73 Å². The lowest BCUT2D eigenvalue weighted by Gasteiger charge is -2.38. The molecule has 0 radical (unpaired) electrons. The molecule has 144 valence electrons. The Kier molecular flexibility index (Phi) is 5.39. The number of hydrogen-bond donors (Lipinski definition) is 1. The van der Waals surface area contributed by atoms with Crippen LogP contribution in [-0.4, -0.2) is 51.0 Å². The summed E-state index contributed by atoms with van der Waals surface area (Å²) in [7, 11) is 1.66. The predicted octanol–water partition coefficient (Wildman–Crippen LogP) is 1.58. The molecule has 3 rings (SSSR count). The summed E-state index contributed by atoms with van der Waals surface area (Å²) in [6.07, 6.45) is 2.09. The number of rotatable bonds is 5. The summed E-state index contributed by atoms with van der Waals surface area (Å²) in [5.74, 6) is 3.17. The second-order valence-electron chi connectivity index (χ2n) is 6.65. The number of alkyl halides is 2. The van der Waals surface area contributed by atoms with E-state index in [-0.39, 0.29) is 36.8 Å². The van der Waals surface area contributed by atoms with Crippen molar-refractivity contribution in [2.45, 2.75) is 18.8 Å². The molecule has 0 spiro atoms. The Morgan fingerprint density at radius 2 is 2.11 bits per heavy atom. The predicted molar refractivity (Wildman–Crippen MR) is 97.5 cm³/mol. The molecule has 0 atom stereocenters. The van der Waals surface area contributed by atoms with E-state index in [0.717, 1.165) is 0 Å². The molecule has 0 amide bonds. The molecule has 1 saturated heterocycles. The van der Waals surface area contributed by atoms with E-state index in [9.17, 15) is 13.6 Å². The molecular formula is C19H18F2N6O. The summed E-state index contributed by atoms with van der Waals surface area (Å²) in [6.45, 7) is -0.0205. The van der Waals surface area contributed by atoms with Crippen LogP contribution in [0.2, 0.25) is 0 Å². The lowest BCUT2D eigenvalue weighted by Crippen LogP contribution is -2.56. The molecule has 9 heteroatoms. The number of aromatic nitrogens is 3. The van der Waals surface area contributed by atoms with E-state index in [1.54, 1.807) is 18.0 Å². The fraction of sp³-hybridized carbons (Fsp3) is 0.368. The number of Topliss-reactive ketones (excluding diaryl/α,β-unsaturated/α-hetero) is 1. The fourth-order valence-electron chi connectivity index (χ4n) is 2.85. The summed E-state index contributed by atoms with van der Waals surface area (Å²) >= 11 is 0. The van der Waals surface area contributed by atoms with Gasteiger partial charge in [0.15, 0.2) is 5.78 Å². The van der Waals surface area contributed by atoms with E-state index in [4.69, 9.17) is 11.0 Å². The van der Waals surface area contributed by atoms with Gasteiger partial charge in [-0.2, -0.15) is 10.4 Å². The molecule has 1 aliphatic rings. The van der Waals surface area contributed by atoms with Crippen molar-refractivity contribution in [2.24, 2.45) is 7.05 Å². The second-order valence-corrected chi connectivity index (χ2v) is 6.65. The van der Waals surface area contributed by atoms with Crippen LogP contribution in [0.25, 0.3) is 0 Å². The maximum Gasteiger partial charge on any atom is 0.272 e. The largest absolute Gasteiger partial charge is 0.383 e. The van der Waals surface area contributed by atoms with Gasteiger partial charge in [-0.1, -0.05) is 5.92 Å². The zero-order valence-electron chi connectivity index (χ0n) is 15.2. The zero-order chi connectivity index (χ0) is 20.3. The summed E-state index contributed by atoms with van der Waals surface area (Å²) < 4.78 is 27.1. The Labute approximate surface area is 160 Å². The van der Waals surface area contributed by atoms with Gasteiger partial charge in [-0.15, -0.1) is 0 Å². The van der Waals surface area contributed by atoms with E-state index < -0.39 is 5.92 Å². The van der Waals surface area contributed by atoms with Gasteiger partial charge in [0.05, 0.1) is 24.2 Å². The smallest absolute Gasteiger partial charge is 0.272 e. The number of anilines is 1. The van der Waals surface area contributed by atoms with E-state index >= 15 is 0 Å². The van der Waals surface area contributed by atoms with Crippen molar-refractivity contribution in [3.05, 3.63) is 40.8 Å². The van der Waals surface area contributed by atoms with Crippen LogP contribution in [0.1, 0.15) is 40.2 Å². The average Bonchev–Trinajstić information content (AvgIpc) is 3.00. The molecular weight excluding hydrogens is 366 g/mol. The number of hydrogen-bond acceptors (Lipinski definition) is 6. The van der Waals surface area contributed by atoms with Crippen LogP contribution in [0.4, 0.5) is 14.6 Å². The highest BCUT2D eigenvalue weighted by Gasteiger charge is 2.43. The maximum atomic E-state index is 12.8. The summed E-state index contributed by atoms with van der Waals surface area (Å²) in [6, 6.07) is 5.08. The molecule has 1 aliphatic heterocycles. The van der Waals surface area contributed by atoms with Crippen molar-refractivity contribution in [3.63, 3.8) is 0 Å². The number of carbonyl (C=O) groups excluding carboxylic acids is 1. The Morgan fingerprint density at radius 1 is 1.36 bits per heavy atom. The minimum Gasteiger partial charge on any atom is -0.383 e. The molecule has 0 saturated carbocycles. The first-order chi connectivity index (χ1) is 13.3. The van der Waals surface area contributed by atoms with Crippen LogP contribution in [-0.2, 0) is 7.05 Å². The van der Waals surface area contributed by atoms with Crippen molar-refractivity contribution in [1.82, 2.24) is 19.7 Å². The summed E-state index contributed by atoms with van der Waals surface area (Å²) in [5, 5.41) is 13.1. The van der Waals surface area contributed by atoms with Gasteiger partial charge in [-0.25, -0.2) is 13.8 Å². The quantitative estimate of drug-likeness (QED) is 0.621. The Morgan fingerprint density at radius 3 is 2.79 bits per heavy atom. The second kappa shape index (κ2) is 7.75. The minimum absolute atomic E-state index is 0.163. The molecule has 3 heterocycles. The Bertz CT molecular complexity index is 1000. The van der Waals surface area contributed by atoms with Crippen LogP contribution in [0.5, 0.6) is 0 Å². The molecule has 0 aromatic carbocycles. The third kappa shape index (κ3) is 4.51. The van der Waals surface area contributed by atoms with Gasteiger partial charge in [0.1, 0.15) is 23.3 Å². The zero-order valence-corrected chi connectivity index (χ0v) is 15.2. The lowest BCUT2D eigenvalue weighted by atomic mass is 10.1. The maximum absolute atomic E-state index is 12.8. The molecule has 1 fully saturated rings. The van der Waals surface area contributed by atoms with Crippen molar-refractivity contribution in [3.8, 4) is 17.9 Å². The van der Waals surface area contributed by atoms with Crippen molar-refractivity contribution in [2.75, 3.05) is 25.4 Å². The van der Waals surface area contributed by atoms with E-state index in [1.165, 1.54) is 16.9 Å². The van der Waals surface area contributed by atoms with E-state index in [1.807, 2.05) is 6.07 Å². The Balaban J connectivity index is 1.62. The molecule has 2 aromatic rings. The normalized spacial score (nSPS) is 15.2. The van der Waals surface area contributed by atoms with Crippen molar-refractivity contribution >= 4 is 11.6 Å². The van der Waals surface area contributed by atoms with E-state index in [2.05, 4.69) is 21.9 Å². The van der Waals surface area contributed by atoms with Gasteiger partial charge in [-0.3, -0.25) is 14.4 Å². The third-order valence-electron chi connectivity index (χ3n) is 4.33. The highest BCUT2D eigenvalue weighted by molar-refractivity contribution is 5.94. The molecule has 2 N–H and O–H groups in total. The topological polar surface area (TPSA) is 101 Å². The molecule has 0 unspecified atom stereocenters. The summed E-state index contributed by atoms with van der Waals surface area (Å²) in [5.41, 5.74) is 7.31. The number of aryl methyl sites for hydroxylation is 1. The van der Waals surface area contributed by atoms with E-state index in [0.29, 0.717) is 29.8 Å². The van der Waals surface area contributed by atoms with Crippen molar-refractivity contribution in [1.29, 1.82) is 5.26 Å². The van der Waals surface area contributed by atoms with Crippen LogP contribution < -0.4 is 5.73 Å². The first-order valence-electron chi connectivity index (χ1n) is 8.62. The van der Waals surface area contributed by atoms with Crippen LogP contribution in [0, 0.1) is 23.2 Å². The van der Waals surface area contributed by atoms with Gasteiger partial charge in [-0.05, 0) is 25.0 Å². The highest BCUT2D eigenvalue weighted by atomic mass is 19.3. The molecule has 28 heavy (non-hydrogen) atoms. The number of halogens is 2. The van der Waals surface area contributed by atoms with Crippen LogP contribution >= 0.6 is 0 Å². The fourth-order valence-corrected chi connectivity index (χ4v) is 2.85. The van der Waals surface area contributed by atoms with Crippen LogP contribution in [0.3, 0.4) is 0 Å². The number of pyridine rings is 1. The summed E-state index contributed by atoms with van der Waals surface area (Å²) in [4.78, 5) is 17.8.